The molecule has 2 rings (SSSR count). The summed E-state index contributed by atoms with van der Waals surface area (Å²) in [7, 11) is 1.27. The first-order valence-corrected chi connectivity index (χ1v) is 7.60. The lowest BCUT2D eigenvalue weighted by atomic mass is 10.2. The molecule has 0 aliphatic carbocycles. The van der Waals surface area contributed by atoms with Gasteiger partial charge in [0.25, 0.3) is 0 Å². The molecule has 0 saturated carbocycles. The maximum absolute atomic E-state index is 12.1. The summed E-state index contributed by atoms with van der Waals surface area (Å²) in [6, 6.07) is 10.5. The van der Waals surface area contributed by atoms with Crippen molar-refractivity contribution in [2.75, 3.05) is 23.1 Å². The van der Waals surface area contributed by atoms with Crippen molar-refractivity contribution >= 4 is 46.6 Å². The highest BCUT2D eigenvalue weighted by Gasteiger charge is 2.11. The van der Waals surface area contributed by atoms with Crippen molar-refractivity contribution < 1.29 is 19.1 Å². The van der Waals surface area contributed by atoms with Gasteiger partial charge in [-0.3, -0.25) is 4.79 Å². The van der Waals surface area contributed by atoms with Crippen LogP contribution in [0.25, 0.3) is 0 Å². The Bertz CT molecular complexity index is 806. The number of methoxy groups -OCH3 is 1. The van der Waals surface area contributed by atoms with E-state index < -0.39 is 12.0 Å². The Morgan fingerprint density at radius 2 is 1.52 bits per heavy atom. The molecule has 0 radical (unpaired) electrons. The molecule has 0 heterocycles. The van der Waals surface area contributed by atoms with E-state index in [1.807, 2.05) is 0 Å². The molecule has 8 heteroatoms. The van der Waals surface area contributed by atoms with Gasteiger partial charge in [0.15, 0.2) is 0 Å². The maximum atomic E-state index is 12.1. The number of ether oxygens (including phenoxy) is 1. The van der Waals surface area contributed by atoms with Gasteiger partial charge in [0.05, 0.1) is 23.4 Å². The van der Waals surface area contributed by atoms with Gasteiger partial charge < -0.3 is 20.7 Å². The number of carbonyl (C=O) groups excluding carboxylic acids is 3. The summed E-state index contributed by atoms with van der Waals surface area (Å²) >= 11 is 6.03. The number of halogens is 1. The number of hydrogen-bond donors (Lipinski definition) is 3. The first-order valence-electron chi connectivity index (χ1n) is 7.22. The minimum absolute atomic E-state index is 0.182. The lowest BCUT2D eigenvalue weighted by Crippen LogP contribution is -2.20. The molecule has 2 aromatic carbocycles. The molecule has 2 aromatic rings. The smallest absolute Gasteiger partial charge is 0.337 e. The second kappa shape index (κ2) is 8.16. The summed E-state index contributed by atoms with van der Waals surface area (Å²) in [6.07, 6.45) is 0. The molecule has 0 spiro atoms. The zero-order valence-corrected chi connectivity index (χ0v) is 14.3. The van der Waals surface area contributed by atoms with Crippen LogP contribution in [-0.2, 0) is 9.53 Å². The van der Waals surface area contributed by atoms with Crippen LogP contribution in [0.1, 0.15) is 17.3 Å². The van der Waals surface area contributed by atoms with E-state index in [9.17, 15) is 14.4 Å². The van der Waals surface area contributed by atoms with Crippen molar-refractivity contribution in [1.29, 1.82) is 0 Å². The fourth-order valence-electron chi connectivity index (χ4n) is 1.99. The number of urea groups is 1. The van der Waals surface area contributed by atoms with Gasteiger partial charge in [-0.05, 0) is 42.5 Å². The maximum Gasteiger partial charge on any atom is 0.337 e. The van der Waals surface area contributed by atoms with Gasteiger partial charge in [0.2, 0.25) is 5.91 Å². The Morgan fingerprint density at radius 1 is 0.920 bits per heavy atom. The van der Waals surface area contributed by atoms with E-state index in [4.69, 9.17) is 11.6 Å². The number of rotatable bonds is 4. The van der Waals surface area contributed by atoms with Crippen molar-refractivity contribution in [3.63, 3.8) is 0 Å². The summed E-state index contributed by atoms with van der Waals surface area (Å²) in [4.78, 5) is 34.6. The van der Waals surface area contributed by atoms with Gasteiger partial charge >= 0.3 is 12.0 Å². The summed E-state index contributed by atoms with van der Waals surface area (Å²) in [6.45, 7) is 1.41. The molecule has 25 heavy (non-hydrogen) atoms. The van der Waals surface area contributed by atoms with Gasteiger partial charge in [-0.15, -0.1) is 0 Å². The van der Waals surface area contributed by atoms with E-state index in [0.29, 0.717) is 11.4 Å². The predicted octanol–water partition coefficient (Wildman–Crippen LogP) is 3.73. The Hall–Kier alpha value is -3.06. The van der Waals surface area contributed by atoms with Crippen LogP contribution >= 0.6 is 11.6 Å². The zero-order valence-electron chi connectivity index (χ0n) is 13.6. The van der Waals surface area contributed by atoms with Crippen LogP contribution in [0.5, 0.6) is 0 Å². The normalized spacial score (nSPS) is 9.88. The van der Waals surface area contributed by atoms with Crippen molar-refractivity contribution in [2.45, 2.75) is 6.92 Å². The zero-order chi connectivity index (χ0) is 18.4. The third-order valence-corrected chi connectivity index (χ3v) is 3.43. The second-order valence-corrected chi connectivity index (χ2v) is 5.43. The van der Waals surface area contributed by atoms with Crippen LogP contribution in [0.2, 0.25) is 5.02 Å². The number of anilines is 3. The van der Waals surface area contributed by atoms with E-state index in [1.165, 1.54) is 32.2 Å². The number of amides is 3. The van der Waals surface area contributed by atoms with Crippen LogP contribution in [0.15, 0.2) is 42.5 Å². The molecular weight excluding hydrogens is 346 g/mol. The topological polar surface area (TPSA) is 96.5 Å². The quantitative estimate of drug-likeness (QED) is 0.723. The molecule has 3 amide bonds. The number of hydrogen-bond acceptors (Lipinski definition) is 4. The molecule has 0 aliphatic heterocycles. The molecule has 0 bridgehead atoms. The molecule has 0 aromatic heterocycles. The predicted molar refractivity (Wildman–Crippen MR) is 96.2 cm³/mol. The van der Waals surface area contributed by atoms with E-state index in [0.717, 1.165) is 0 Å². The average Bonchev–Trinajstić information content (AvgIpc) is 2.57. The van der Waals surface area contributed by atoms with E-state index in [2.05, 4.69) is 20.7 Å². The van der Waals surface area contributed by atoms with E-state index >= 15 is 0 Å². The molecule has 0 unspecified atom stereocenters. The van der Waals surface area contributed by atoms with Gasteiger partial charge in [0, 0.05) is 18.3 Å². The number of nitrogens with one attached hydrogen (secondary N) is 3. The van der Waals surface area contributed by atoms with Crippen LogP contribution in [0.4, 0.5) is 21.9 Å². The summed E-state index contributed by atoms with van der Waals surface area (Å²) < 4.78 is 4.63. The van der Waals surface area contributed by atoms with Gasteiger partial charge in [0.1, 0.15) is 0 Å². The SMILES string of the molecule is COC(=O)c1ccc(Cl)c(NC(=O)Nc2ccc(NC(C)=O)cc2)c1. The summed E-state index contributed by atoms with van der Waals surface area (Å²) in [5, 5.41) is 8.10. The fourth-order valence-corrected chi connectivity index (χ4v) is 2.16. The van der Waals surface area contributed by atoms with E-state index in [-0.39, 0.29) is 22.2 Å². The molecule has 130 valence electrons. The monoisotopic (exact) mass is 361 g/mol. The van der Waals surface area contributed by atoms with Crippen LogP contribution in [0.3, 0.4) is 0 Å². The molecule has 3 N–H and O–H groups in total. The first-order chi connectivity index (χ1) is 11.9. The van der Waals surface area contributed by atoms with Crippen LogP contribution in [-0.4, -0.2) is 25.0 Å². The van der Waals surface area contributed by atoms with Crippen LogP contribution < -0.4 is 16.0 Å². The summed E-state index contributed by atoms with van der Waals surface area (Å²) in [5.74, 6) is -0.715. The average molecular weight is 362 g/mol. The largest absolute Gasteiger partial charge is 0.465 e. The molecule has 7 nitrogen and oxygen atoms in total. The van der Waals surface area contributed by atoms with Gasteiger partial charge in [-0.1, -0.05) is 11.6 Å². The van der Waals surface area contributed by atoms with E-state index in [1.54, 1.807) is 24.3 Å². The highest BCUT2D eigenvalue weighted by atomic mass is 35.5. The first kappa shape index (κ1) is 18.3. The van der Waals surface area contributed by atoms with Crippen molar-refractivity contribution in [1.82, 2.24) is 0 Å². The minimum Gasteiger partial charge on any atom is -0.465 e. The number of carbonyl (C=O) groups is 3. The lowest BCUT2D eigenvalue weighted by molar-refractivity contribution is -0.114. The standard InChI is InChI=1S/C17H16ClN3O4/c1-10(22)19-12-4-6-13(7-5-12)20-17(24)21-15-9-11(16(23)25-2)3-8-14(15)18/h3-9H,1-2H3,(H,19,22)(H2,20,21,24). The molecule has 0 atom stereocenters. The Labute approximate surface area is 149 Å². The van der Waals surface area contributed by atoms with Crippen molar-refractivity contribution in [3.05, 3.63) is 53.1 Å². The highest BCUT2D eigenvalue weighted by Crippen LogP contribution is 2.24. The Morgan fingerprint density at radius 3 is 2.08 bits per heavy atom. The third-order valence-electron chi connectivity index (χ3n) is 3.10. The summed E-state index contributed by atoms with van der Waals surface area (Å²) in [5.41, 5.74) is 1.68. The van der Waals surface area contributed by atoms with Gasteiger partial charge in [-0.2, -0.15) is 0 Å². The second-order valence-electron chi connectivity index (χ2n) is 5.02. The highest BCUT2D eigenvalue weighted by molar-refractivity contribution is 6.34. The molecular formula is C17H16ClN3O4. The lowest BCUT2D eigenvalue weighted by Gasteiger charge is -2.11. The molecule has 0 saturated heterocycles. The van der Waals surface area contributed by atoms with Crippen molar-refractivity contribution in [2.24, 2.45) is 0 Å². The molecule has 0 aliphatic rings. The number of benzene rings is 2. The van der Waals surface area contributed by atoms with Crippen LogP contribution in [0, 0.1) is 0 Å². The minimum atomic E-state index is -0.534. The number of esters is 1. The third kappa shape index (κ3) is 5.22. The Balaban J connectivity index is 2.05. The Kier molecular flexibility index (Phi) is 5.97. The fraction of sp³-hybridized carbons (Fsp3) is 0.118. The van der Waals surface area contributed by atoms with Gasteiger partial charge in [-0.25, -0.2) is 9.59 Å². The molecule has 0 fully saturated rings. The van der Waals surface area contributed by atoms with Crippen molar-refractivity contribution in [3.8, 4) is 0 Å².